The first-order valence-electron chi connectivity index (χ1n) is 5.44. The number of halogens is 1. The summed E-state index contributed by atoms with van der Waals surface area (Å²) in [6.45, 7) is 1.81. The van der Waals surface area contributed by atoms with Crippen molar-refractivity contribution in [3.05, 3.63) is 12.2 Å². The monoisotopic (exact) mass is 228 g/mol. The minimum atomic E-state index is 0.689. The number of hydrogen-bond donors (Lipinski definition) is 0. The van der Waals surface area contributed by atoms with E-state index in [1.54, 1.807) is 6.33 Å². The van der Waals surface area contributed by atoms with Gasteiger partial charge in [-0.2, -0.15) is 5.10 Å². The summed E-state index contributed by atoms with van der Waals surface area (Å²) in [4.78, 5) is 6.66. The summed E-state index contributed by atoms with van der Waals surface area (Å²) < 4.78 is 1.83. The molecule has 5 heteroatoms. The highest BCUT2D eigenvalue weighted by atomic mass is 35.5. The van der Waals surface area contributed by atoms with Crippen molar-refractivity contribution in [3.8, 4) is 0 Å². The molecule has 0 spiro atoms. The van der Waals surface area contributed by atoms with E-state index in [0.717, 1.165) is 18.9 Å². The summed E-state index contributed by atoms with van der Waals surface area (Å²) in [7, 11) is 1.93. The predicted octanol–water partition coefficient (Wildman–Crippen LogP) is 1.41. The van der Waals surface area contributed by atoms with E-state index in [0.29, 0.717) is 11.9 Å². The molecular formula is C10H17ClN4. The standard InChI is InChI=1S/C10H17ClN4/c1-14-10(12-8-13-14)7-15(6-5-11)9-3-2-4-9/h8-9H,2-7H2,1H3. The fourth-order valence-electron chi connectivity index (χ4n) is 1.90. The van der Waals surface area contributed by atoms with Crippen molar-refractivity contribution in [2.24, 2.45) is 7.05 Å². The smallest absolute Gasteiger partial charge is 0.140 e. The van der Waals surface area contributed by atoms with Gasteiger partial charge in [0.25, 0.3) is 0 Å². The summed E-state index contributed by atoms with van der Waals surface area (Å²) in [5.41, 5.74) is 0. The van der Waals surface area contributed by atoms with Crippen LogP contribution in [0.1, 0.15) is 25.1 Å². The summed E-state index contributed by atoms with van der Waals surface area (Å²) in [6, 6.07) is 0.709. The Labute approximate surface area is 95.2 Å². The van der Waals surface area contributed by atoms with E-state index in [1.807, 2.05) is 11.7 Å². The lowest BCUT2D eigenvalue weighted by Crippen LogP contribution is -2.41. The molecule has 1 fully saturated rings. The van der Waals surface area contributed by atoms with Gasteiger partial charge in [0, 0.05) is 25.5 Å². The Morgan fingerprint density at radius 2 is 2.40 bits per heavy atom. The molecular weight excluding hydrogens is 212 g/mol. The quantitative estimate of drug-likeness (QED) is 0.715. The Morgan fingerprint density at radius 3 is 2.87 bits per heavy atom. The van der Waals surface area contributed by atoms with Crippen molar-refractivity contribution >= 4 is 11.6 Å². The third kappa shape index (κ3) is 2.49. The Kier molecular flexibility index (Phi) is 3.59. The van der Waals surface area contributed by atoms with Crippen molar-refractivity contribution < 1.29 is 0 Å². The van der Waals surface area contributed by atoms with Crippen LogP contribution in [0.3, 0.4) is 0 Å². The average Bonchev–Trinajstić information content (AvgIpc) is 2.49. The van der Waals surface area contributed by atoms with Gasteiger partial charge in [-0.1, -0.05) is 6.42 Å². The molecule has 0 amide bonds. The zero-order valence-electron chi connectivity index (χ0n) is 9.06. The molecule has 2 rings (SSSR count). The average molecular weight is 229 g/mol. The first-order chi connectivity index (χ1) is 7.31. The van der Waals surface area contributed by atoms with Gasteiger partial charge in [0.05, 0.1) is 6.54 Å². The fourth-order valence-corrected chi connectivity index (χ4v) is 2.11. The Bertz CT molecular complexity index is 308. The second-order valence-corrected chi connectivity index (χ2v) is 4.42. The molecule has 0 N–H and O–H groups in total. The predicted molar refractivity (Wildman–Crippen MR) is 59.8 cm³/mol. The SMILES string of the molecule is Cn1ncnc1CN(CCCl)C1CCC1. The van der Waals surface area contributed by atoms with E-state index in [9.17, 15) is 0 Å². The lowest BCUT2D eigenvalue weighted by Gasteiger charge is -2.36. The van der Waals surface area contributed by atoms with Crippen molar-refractivity contribution in [2.45, 2.75) is 31.8 Å². The molecule has 1 aliphatic rings. The molecule has 0 radical (unpaired) electrons. The Balaban J connectivity index is 1.96. The minimum Gasteiger partial charge on any atom is -0.292 e. The first kappa shape index (κ1) is 10.9. The third-order valence-electron chi connectivity index (χ3n) is 3.11. The largest absolute Gasteiger partial charge is 0.292 e. The second-order valence-electron chi connectivity index (χ2n) is 4.04. The van der Waals surface area contributed by atoms with Gasteiger partial charge in [-0.25, -0.2) is 4.98 Å². The van der Waals surface area contributed by atoms with Crippen LogP contribution in [0.15, 0.2) is 6.33 Å². The van der Waals surface area contributed by atoms with E-state index in [4.69, 9.17) is 11.6 Å². The first-order valence-corrected chi connectivity index (χ1v) is 5.97. The summed E-state index contributed by atoms with van der Waals surface area (Å²) in [5.74, 6) is 1.71. The lowest BCUT2D eigenvalue weighted by atomic mass is 9.91. The topological polar surface area (TPSA) is 34.0 Å². The van der Waals surface area contributed by atoms with E-state index in [1.165, 1.54) is 19.3 Å². The number of hydrogen-bond acceptors (Lipinski definition) is 3. The number of aryl methyl sites for hydroxylation is 1. The van der Waals surface area contributed by atoms with Crippen LogP contribution in [-0.2, 0) is 13.6 Å². The van der Waals surface area contributed by atoms with Crippen molar-refractivity contribution in [3.63, 3.8) is 0 Å². The zero-order chi connectivity index (χ0) is 10.7. The van der Waals surface area contributed by atoms with Crippen LogP contribution in [0, 0.1) is 0 Å². The summed E-state index contributed by atoms with van der Waals surface area (Å²) >= 11 is 5.82. The van der Waals surface area contributed by atoms with E-state index in [-0.39, 0.29) is 0 Å². The normalized spacial score (nSPS) is 17.0. The maximum Gasteiger partial charge on any atom is 0.140 e. The number of aromatic nitrogens is 3. The highest BCUT2D eigenvalue weighted by molar-refractivity contribution is 6.18. The van der Waals surface area contributed by atoms with Crippen LogP contribution in [0.2, 0.25) is 0 Å². The number of rotatable bonds is 5. The lowest BCUT2D eigenvalue weighted by molar-refractivity contribution is 0.123. The maximum absolute atomic E-state index is 5.82. The molecule has 1 heterocycles. The van der Waals surface area contributed by atoms with Gasteiger partial charge in [-0.15, -0.1) is 11.6 Å². The zero-order valence-corrected chi connectivity index (χ0v) is 9.82. The molecule has 1 saturated carbocycles. The van der Waals surface area contributed by atoms with Gasteiger partial charge in [0.15, 0.2) is 0 Å². The molecule has 1 aliphatic carbocycles. The van der Waals surface area contributed by atoms with E-state index in [2.05, 4.69) is 15.0 Å². The van der Waals surface area contributed by atoms with Crippen LogP contribution >= 0.6 is 11.6 Å². The van der Waals surface area contributed by atoms with E-state index >= 15 is 0 Å². The Hall–Kier alpha value is -0.610. The van der Waals surface area contributed by atoms with Crippen LogP contribution in [0.4, 0.5) is 0 Å². The molecule has 4 nitrogen and oxygen atoms in total. The Morgan fingerprint density at radius 1 is 1.60 bits per heavy atom. The van der Waals surface area contributed by atoms with Gasteiger partial charge in [-0.05, 0) is 12.8 Å². The van der Waals surface area contributed by atoms with Gasteiger partial charge >= 0.3 is 0 Å². The molecule has 0 bridgehead atoms. The van der Waals surface area contributed by atoms with Gasteiger partial charge in [0.1, 0.15) is 12.2 Å². The van der Waals surface area contributed by atoms with E-state index < -0.39 is 0 Å². The third-order valence-corrected chi connectivity index (χ3v) is 3.28. The molecule has 1 aromatic rings. The molecule has 0 atom stereocenters. The molecule has 84 valence electrons. The molecule has 1 aromatic heterocycles. The highest BCUT2D eigenvalue weighted by Gasteiger charge is 2.25. The van der Waals surface area contributed by atoms with Crippen LogP contribution < -0.4 is 0 Å². The molecule has 15 heavy (non-hydrogen) atoms. The second kappa shape index (κ2) is 4.94. The number of alkyl halides is 1. The van der Waals surface area contributed by atoms with Crippen molar-refractivity contribution in [2.75, 3.05) is 12.4 Å². The van der Waals surface area contributed by atoms with Gasteiger partial charge < -0.3 is 0 Å². The van der Waals surface area contributed by atoms with Gasteiger partial charge in [-0.3, -0.25) is 9.58 Å². The number of nitrogens with zero attached hydrogens (tertiary/aromatic N) is 4. The van der Waals surface area contributed by atoms with Crippen molar-refractivity contribution in [1.82, 2.24) is 19.7 Å². The van der Waals surface area contributed by atoms with Crippen molar-refractivity contribution in [1.29, 1.82) is 0 Å². The van der Waals surface area contributed by atoms with Crippen LogP contribution in [0.5, 0.6) is 0 Å². The summed E-state index contributed by atoms with van der Waals surface area (Å²) in [6.07, 6.45) is 5.56. The van der Waals surface area contributed by atoms with Gasteiger partial charge in [0.2, 0.25) is 0 Å². The molecule has 0 aliphatic heterocycles. The van der Waals surface area contributed by atoms with Crippen LogP contribution in [-0.4, -0.2) is 38.1 Å². The minimum absolute atomic E-state index is 0.689. The summed E-state index contributed by atoms with van der Waals surface area (Å²) in [5, 5.41) is 4.08. The highest BCUT2D eigenvalue weighted by Crippen LogP contribution is 2.25. The molecule has 0 saturated heterocycles. The fraction of sp³-hybridized carbons (Fsp3) is 0.800. The molecule has 0 unspecified atom stereocenters. The maximum atomic E-state index is 5.82. The van der Waals surface area contributed by atoms with Crippen LogP contribution in [0.25, 0.3) is 0 Å². The molecule has 0 aromatic carbocycles.